The van der Waals surface area contributed by atoms with Gasteiger partial charge in [-0.05, 0) is 62.7 Å². The first-order valence-electron chi connectivity index (χ1n) is 8.27. The number of aliphatic carboxylic acids is 1. The predicted octanol–water partition coefficient (Wildman–Crippen LogP) is 4.58. The number of thioether (sulfide) groups is 1. The summed E-state index contributed by atoms with van der Waals surface area (Å²) in [6, 6.07) is 14.5. The molecule has 0 amide bonds. The van der Waals surface area contributed by atoms with Crippen molar-refractivity contribution in [3.63, 3.8) is 0 Å². The molecule has 1 atom stereocenters. The molecule has 0 aliphatic rings. The topological polar surface area (TPSA) is 55.8 Å². The van der Waals surface area contributed by atoms with E-state index >= 15 is 0 Å². The van der Waals surface area contributed by atoms with Gasteiger partial charge in [0.2, 0.25) is 0 Å². The Kier molecular flexibility index (Phi) is 6.99. The van der Waals surface area contributed by atoms with Gasteiger partial charge in [-0.1, -0.05) is 18.1 Å². The third-order valence-corrected chi connectivity index (χ3v) is 5.08. The zero-order valence-electron chi connectivity index (χ0n) is 15.1. The number of carboxylic acid groups (broad SMARTS) is 1. The number of hydrogen-bond donors (Lipinski definition) is 1. The lowest BCUT2D eigenvalue weighted by atomic mass is 10.0. The number of carbonyl (C=O) groups is 1. The molecule has 0 bridgehead atoms. The molecular weight excluding hydrogens is 348 g/mol. The van der Waals surface area contributed by atoms with E-state index < -0.39 is 10.7 Å². The Morgan fingerprint density at radius 3 is 2.19 bits per heavy atom. The third-order valence-electron chi connectivity index (χ3n) is 3.76. The zero-order chi connectivity index (χ0) is 19.0. The van der Waals surface area contributed by atoms with Crippen LogP contribution in [0, 0.1) is 11.8 Å². The van der Waals surface area contributed by atoms with Gasteiger partial charge in [-0.25, -0.2) is 0 Å². The van der Waals surface area contributed by atoms with Crippen LogP contribution in [0.25, 0.3) is 0 Å². The van der Waals surface area contributed by atoms with Gasteiger partial charge in [-0.2, -0.15) is 0 Å². The van der Waals surface area contributed by atoms with Crippen LogP contribution in [0.1, 0.15) is 26.3 Å². The summed E-state index contributed by atoms with van der Waals surface area (Å²) in [4.78, 5) is 12.8. The largest absolute Gasteiger partial charge is 0.494 e. The summed E-state index contributed by atoms with van der Waals surface area (Å²) in [6.07, 6.45) is 0. The molecule has 1 unspecified atom stereocenters. The van der Waals surface area contributed by atoms with Crippen LogP contribution < -0.4 is 9.47 Å². The van der Waals surface area contributed by atoms with Crippen molar-refractivity contribution >= 4 is 17.7 Å². The highest BCUT2D eigenvalue weighted by Gasteiger charge is 2.36. The van der Waals surface area contributed by atoms with Crippen LogP contribution in [0.2, 0.25) is 0 Å². The number of benzene rings is 2. The maximum atomic E-state index is 12.0. The number of carboxylic acids is 1. The highest BCUT2D eigenvalue weighted by Crippen LogP contribution is 2.42. The number of hydrogen-bond acceptors (Lipinski definition) is 4. The van der Waals surface area contributed by atoms with Crippen LogP contribution in [-0.4, -0.2) is 24.3 Å². The van der Waals surface area contributed by atoms with Crippen LogP contribution in [0.4, 0.5) is 0 Å². The van der Waals surface area contributed by atoms with Crippen LogP contribution in [0.15, 0.2) is 53.4 Å². The normalized spacial score (nSPS) is 12.4. The van der Waals surface area contributed by atoms with Gasteiger partial charge in [-0.15, -0.1) is 17.7 Å². The van der Waals surface area contributed by atoms with Gasteiger partial charge in [0.1, 0.15) is 22.9 Å². The second kappa shape index (κ2) is 9.21. The first-order chi connectivity index (χ1) is 12.5. The Labute approximate surface area is 158 Å². The second-order valence-corrected chi connectivity index (χ2v) is 7.08. The average molecular weight is 370 g/mol. The van der Waals surface area contributed by atoms with E-state index in [1.54, 1.807) is 38.1 Å². The molecule has 0 aromatic heterocycles. The maximum Gasteiger partial charge on any atom is 0.324 e. The molecule has 2 aromatic rings. The monoisotopic (exact) mass is 370 g/mol. The van der Waals surface area contributed by atoms with Gasteiger partial charge in [0.25, 0.3) is 0 Å². The van der Waals surface area contributed by atoms with E-state index in [1.807, 2.05) is 31.2 Å². The summed E-state index contributed by atoms with van der Waals surface area (Å²) < 4.78 is 9.80. The van der Waals surface area contributed by atoms with Crippen molar-refractivity contribution < 1.29 is 19.4 Å². The molecule has 0 saturated carbocycles. The molecular formula is C21H22O4S. The summed E-state index contributed by atoms with van der Waals surface area (Å²) in [5, 5.41) is 9.83. The summed E-state index contributed by atoms with van der Waals surface area (Å²) in [7, 11) is 0. The SMILES string of the molecule is CC#CCOc1ccc(SC(C)(C(=O)O)c2ccc(OCC)cc2)cc1. The second-order valence-electron chi connectivity index (χ2n) is 5.58. The fourth-order valence-corrected chi connectivity index (χ4v) is 3.38. The third kappa shape index (κ3) is 4.96. The Hall–Kier alpha value is -2.58. The highest BCUT2D eigenvalue weighted by molar-refractivity contribution is 8.01. The molecule has 1 N–H and O–H groups in total. The summed E-state index contributed by atoms with van der Waals surface area (Å²) in [5.41, 5.74) is 0.706. The maximum absolute atomic E-state index is 12.0. The molecule has 136 valence electrons. The van der Waals surface area contributed by atoms with Crippen molar-refractivity contribution in [2.75, 3.05) is 13.2 Å². The van der Waals surface area contributed by atoms with Gasteiger partial charge >= 0.3 is 5.97 Å². The molecule has 26 heavy (non-hydrogen) atoms. The van der Waals surface area contributed by atoms with Crippen LogP contribution in [-0.2, 0) is 9.54 Å². The van der Waals surface area contributed by atoms with E-state index in [9.17, 15) is 9.90 Å². The van der Waals surface area contributed by atoms with E-state index in [-0.39, 0.29) is 0 Å². The van der Waals surface area contributed by atoms with Gasteiger partial charge < -0.3 is 14.6 Å². The van der Waals surface area contributed by atoms with E-state index in [0.717, 1.165) is 10.6 Å². The zero-order valence-corrected chi connectivity index (χ0v) is 15.9. The smallest absolute Gasteiger partial charge is 0.324 e. The number of rotatable bonds is 8. The Balaban J connectivity index is 2.18. The van der Waals surface area contributed by atoms with E-state index in [2.05, 4.69) is 11.8 Å². The molecule has 0 saturated heterocycles. The minimum atomic E-state index is -1.11. The highest BCUT2D eigenvalue weighted by atomic mass is 32.2. The Morgan fingerprint density at radius 1 is 1.08 bits per heavy atom. The summed E-state index contributed by atoms with van der Waals surface area (Å²) >= 11 is 1.28. The molecule has 0 aliphatic carbocycles. The minimum Gasteiger partial charge on any atom is -0.494 e. The van der Waals surface area contributed by atoms with E-state index in [1.165, 1.54) is 11.8 Å². The molecule has 0 radical (unpaired) electrons. The molecule has 5 heteroatoms. The molecule has 2 rings (SSSR count). The van der Waals surface area contributed by atoms with Crippen molar-refractivity contribution in [1.82, 2.24) is 0 Å². The standard InChI is InChI=1S/C21H22O4S/c1-4-6-15-25-18-11-13-19(14-12-18)26-21(3,20(22)23)16-7-9-17(10-8-16)24-5-2/h7-14H,5,15H2,1-3H3,(H,22,23). The first-order valence-corrected chi connectivity index (χ1v) is 9.09. The number of ether oxygens (including phenoxy) is 2. The predicted molar refractivity (Wildman–Crippen MR) is 104 cm³/mol. The lowest BCUT2D eigenvalue weighted by molar-refractivity contribution is -0.139. The van der Waals surface area contributed by atoms with E-state index in [4.69, 9.17) is 9.47 Å². The molecule has 0 heterocycles. The molecule has 0 fully saturated rings. The first kappa shape index (κ1) is 19.7. The quantitative estimate of drug-likeness (QED) is 0.544. The van der Waals surface area contributed by atoms with Crippen molar-refractivity contribution in [3.05, 3.63) is 54.1 Å². The molecule has 0 spiro atoms. The lowest BCUT2D eigenvalue weighted by Gasteiger charge is -2.25. The van der Waals surface area contributed by atoms with E-state index in [0.29, 0.717) is 24.5 Å². The van der Waals surface area contributed by atoms with Crippen LogP contribution >= 0.6 is 11.8 Å². The Bertz CT molecular complexity index is 788. The van der Waals surface area contributed by atoms with Crippen LogP contribution in [0.3, 0.4) is 0 Å². The fraction of sp³-hybridized carbons (Fsp3) is 0.286. The lowest BCUT2D eigenvalue weighted by Crippen LogP contribution is -2.28. The van der Waals surface area contributed by atoms with Crippen molar-refractivity contribution in [1.29, 1.82) is 0 Å². The van der Waals surface area contributed by atoms with Gasteiger partial charge in [-0.3, -0.25) is 4.79 Å². The Morgan fingerprint density at radius 2 is 1.65 bits per heavy atom. The molecule has 2 aromatic carbocycles. The molecule has 0 aliphatic heterocycles. The summed E-state index contributed by atoms with van der Waals surface area (Å²) in [5.74, 6) is 6.14. The van der Waals surface area contributed by atoms with Crippen LogP contribution in [0.5, 0.6) is 11.5 Å². The minimum absolute atomic E-state index is 0.335. The van der Waals surface area contributed by atoms with Gasteiger partial charge in [0.05, 0.1) is 6.61 Å². The van der Waals surface area contributed by atoms with Gasteiger partial charge in [0, 0.05) is 4.90 Å². The van der Waals surface area contributed by atoms with Gasteiger partial charge in [0.15, 0.2) is 0 Å². The summed E-state index contributed by atoms with van der Waals surface area (Å²) in [6.45, 7) is 6.28. The van der Waals surface area contributed by atoms with Crippen molar-refractivity contribution in [2.45, 2.75) is 30.4 Å². The fourth-order valence-electron chi connectivity index (χ4n) is 2.29. The van der Waals surface area contributed by atoms with Crippen molar-refractivity contribution in [2.24, 2.45) is 0 Å². The average Bonchev–Trinajstić information content (AvgIpc) is 2.64. The van der Waals surface area contributed by atoms with Crippen molar-refractivity contribution in [3.8, 4) is 23.3 Å². The molecule has 4 nitrogen and oxygen atoms in total.